The van der Waals surface area contributed by atoms with Gasteiger partial charge in [0, 0.05) is 38.4 Å². The Morgan fingerprint density at radius 1 is 0.952 bits per heavy atom. The number of nitrogens with one attached hydrogen (secondary N) is 2. The Morgan fingerprint density at radius 2 is 1.81 bits per heavy atom. The van der Waals surface area contributed by atoms with Crippen molar-refractivity contribution in [3.05, 3.63) is 60.3 Å². The van der Waals surface area contributed by atoms with Crippen molar-refractivity contribution in [3.8, 4) is 0 Å². The molecule has 2 N–H and O–H groups in total. The summed E-state index contributed by atoms with van der Waals surface area (Å²) < 4.78 is 0. The Bertz CT molecular complexity index is 1010. The monoisotopic (exact) mass is 272 g/mol. The minimum Gasteiger partial charge on any atom is -0.354 e. The summed E-state index contributed by atoms with van der Waals surface area (Å²) in [5, 5.41) is 3.76. The second-order valence-electron chi connectivity index (χ2n) is 5.24. The lowest BCUT2D eigenvalue weighted by Gasteiger charge is -1.96. The van der Waals surface area contributed by atoms with Crippen molar-refractivity contribution in [2.24, 2.45) is 0 Å². The van der Waals surface area contributed by atoms with E-state index in [0.29, 0.717) is 0 Å². The third kappa shape index (κ3) is 1.59. The van der Waals surface area contributed by atoms with Crippen LogP contribution < -0.4 is 0 Å². The number of aromatic amines is 2. The van der Waals surface area contributed by atoms with Crippen molar-refractivity contribution in [3.63, 3.8) is 0 Å². The van der Waals surface area contributed by atoms with Gasteiger partial charge in [0.1, 0.15) is 0 Å². The van der Waals surface area contributed by atoms with Gasteiger partial charge in [0.15, 0.2) is 0 Å². The molecule has 0 aliphatic rings. The molecule has 0 aliphatic heterocycles. The van der Waals surface area contributed by atoms with E-state index in [2.05, 4.69) is 65.1 Å². The minimum atomic E-state index is 1.06. The number of allylic oxidation sites excluding steroid dienone is 1. The lowest BCUT2D eigenvalue weighted by atomic mass is 10.1. The van der Waals surface area contributed by atoms with E-state index in [-0.39, 0.29) is 0 Å². The van der Waals surface area contributed by atoms with Crippen LogP contribution in [0.1, 0.15) is 18.2 Å². The number of para-hydroxylation sites is 1. The van der Waals surface area contributed by atoms with Crippen LogP contribution in [0.5, 0.6) is 0 Å². The van der Waals surface area contributed by atoms with E-state index in [1.54, 1.807) is 0 Å². The molecule has 2 heterocycles. The molecule has 0 unspecified atom stereocenters. The molecular weight excluding hydrogens is 256 g/mol. The first-order valence-electron chi connectivity index (χ1n) is 7.13. The molecule has 0 atom stereocenters. The maximum Gasteiger partial charge on any atom is 0.0566 e. The number of H-pyrrole nitrogens is 2. The smallest absolute Gasteiger partial charge is 0.0566 e. The third-order valence-corrected chi connectivity index (χ3v) is 4.05. The van der Waals surface area contributed by atoms with Gasteiger partial charge in [0.25, 0.3) is 0 Å². The van der Waals surface area contributed by atoms with Gasteiger partial charge >= 0.3 is 0 Å². The molecule has 0 bridgehead atoms. The van der Waals surface area contributed by atoms with Crippen LogP contribution in [0.15, 0.2) is 49.1 Å². The Kier molecular flexibility index (Phi) is 2.51. The lowest BCUT2D eigenvalue weighted by Crippen LogP contribution is -1.76. The van der Waals surface area contributed by atoms with Crippen LogP contribution in [-0.2, 0) is 0 Å². The van der Waals surface area contributed by atoms with Crippen molar-refractivity contribution in [1.82, 2.24) is 9.97 Å². The van der Waals surface area contributed by atoms with Gasteiger partial charge in [-0.3, -0.25) is 0 Å². The predicted octanol–water partition coefficient (Wildman–Crippen LogP) is 5.48. The van der Waals surface area contributed by atoms with Crippen molar-refractivity contribution in [2.45, 2.75) is 6.92 Å². The molecule has 102 valence electrons. The highest BCUT2D eigenvalue weighted by Crippen LogP contribution is 2.35. The van der Waals surface area contributed by atoms with Gasteiger partial charge in [-0.2, -0.15) is 0 Å². The SMILES string of the molecule is C=Cc1[nH]c2ccc3c4ccccc4[nH]c3c2c1/C=C\C. The second-order valence-corrected chi connectivity index (χ2v) is 5.24. The number of hydrogen-bond donors (Lipinski definition) is 2. The van der Waals surface area contributed by atoms with Gasteiger partial charge in [0.05, 0.1) is 5.52 Å². The molecule has 0 saturated heterocycles. The van der Waals surface area contributed by atoms with E-state index in [0.717, 1.165) is 11.2 Å². The highest BCUT2D eigenvalue weighted by Gasteiger charge is 2.13. The first kappa shape index (κ1) is 12.0. The Morgan fingerprint density at radius 3 is 2.62 bits per heavy atom. The lowest BCUT2D eigenvalue weighted by molar-refractivity contribution is 1.42. The maximum absolute atomic E-state index is 3.92. The van der Waals surface area contributed by atoms with Crippen LogP contribution in [0.3, 0.4) is 0 Å². The topological polar surface area (TPSA) is 31.6 Å². The van der Waals surface area contributed by atoms with Crippen molar-refractivity contribution < 1.29 is 0 Å². The van der Waals surface area contributed by atoms with Gasteiger partial charge in [-0.1, -0.05) is 43.0 Å². The van der Waals surface area contributed by atoms with Gasteiger partial charge in [-0.25, -0.2) is 0 Å². The Balaban J connectivity index is 2.27. The summed E-state index contributed by atoms with van der Waals surface area (Å²) in [5.41, 5.74) is 5.75. The van der Waals surface area contributed by atoms with E-state index in [4.69, 9.17) is 0 Å². The molecule has 0 aliphatic carbocycles. The van der Waals surface area contributed by atoms with Gasteiger partial charge < -0.3 is 9.97 Å². The summed E-state index contributed by atoms with van der Waals surface area (Å²) >= 11 is 0. The molecule has 0 saturated carbocycles. The van der Waals surface area contributed by atoms with Gasteiger partial charge in [-0.15, -0.1) is 0 Å². The summed E-state index contributed by atoms with van der Waals surface area (Å²) in [4.78, 5) is 7.01. The average Bonchev–Trinajstić information content (AvgIpc) is 3.05. The van der Waals surface area contributed by atoms with Gasteiger partial charge in [0.2, 0.25) is 0 Å². The fraction of sp³-hybridized carbons (Fsp3) is 0.0526. The summed E-state index contributed by atoms with van der Waals surface area (Å²) in [5.74, 6) is 0. The van der Waals surface area contributed by atoms with E-state index in [1.165, 1.54) is 32.8 Å². The molecule has 2 aromatic carbocycles. The van der Waals surface area contributed by atoms with Crippen molar-refractivity contribution in [1.29, 1.82) is 0 Å². The number of rotatable bonds is 2. The summed E-state index contributed by atoms with van der Waals surface area (Å²) in [6.45, 7) is 5.96. The number of fused-ring (bicyclic) bond motifs is 5. The second kappa shape index (κ2) is 4.38. The standard InChI is InChI=1S/C19H16N2/c1-3-7-14-15(4-2)20-17-11-10-13-12-8-5-6-9-16(12)21-19(13)18(14)17/h3-11,20-21H,2H2,1H3/b7-3-. The van der Waals surface area contributed by atoms with Crippen LogP contribution >= 0.6 is 0 Å². The maximum atomic E-state index is 3.92. The first-order valence-corrected chi connectivity index (χ1v) is 7.13. The first-order chi connectivity index (χ1) is 10.3. The van der Waals surface area contributed by atoms with Crippen LogP contribution in [-0.4, -0.2) is 9.97 Å². The average molecular weight is 272 g/mol. The molecule has 2 aromatic heterocycles. The Hall–Kier alpha value is -2.74. The molecule has 0 amide bonds. The molecule has 21 heavy (non-hydrogen) atoms. The van der Waals surface area contributed by atoms with Crippen LogP contribution in [0.4, 0.5) is 0 Å². The van der Waals surface area contributed by atoms with Crippen LogP contribution in [0.25, 0.3) is 44.9 Å². The Labute approximate surface area is 122 Å². The zero-order chi connectivity index (χ0) is 14.4. The number of benzene rings is 2. The fourth-order valence-electron chi connectivity index (χ4n) is 3.15. The largest absolute Gasteiger partial charge is 0.354 e. The van der Waals surface area contributed by atoms with Crippen molar-refractivity contribution in [2.75, 3.05) is 0 Å². The third-order valence-electron chi connectivity index (χ3n) is 4.05. The normalized spacial score (nSPS) is 12.0. The highest BCUT2D eigenvalue weighted by atomic mass is 14.7. The van der Waals surface area contributed by atoms with E-state index in [1.807, 2.05) is 13.0 Å². The molecule has 0 radical (unpaired) electrons. The number of aromatic nitrogens is 2. The summed E-state index contributed by atoms with van der Waals surface area (Å²) in [6, 6.07) is 12.8. The zero-order valence-electron chi connectivity index (χ0n) is 11.9. The molecule has 2 nitrogen and oxygen atoms in total. The highest BCUT2D eigenvalue weighted by molar-refractivity contribution is 6.19. The predicted molar refractivity (Wildman–Crippen MR) is 92.5 cm³/mol. The van der Waals surface area contributed by atoms with Crippen molar-refractivity contribution >= 4 is 44.9 Å². The molecule has 2 heteroatoms. The summed E-state index contributed by atoms with van der Waals surface area (Å²) in [7, 11) is 0. The zero-order valence-corrected chi connectivity index (χ0v) is 11.9. The molecule has 0 spiro atoms. The molecule has 4 aromatic rings. The quantitative estimate of drug-likeness (QED) is 0.484. The molecule has 4 rings (SSSR count). The molecule has 0 fully saturated rings. The van der Waals surface area contributed by atoms with E-state index >= 15 is 0 Å². The van der Waals surface area contributed by atoms with E-state index in [9.17, 15) is 0 Å². The van der Waals surface area contributed by atoms with E-state index < -0.39 is 0 Å². The van der Waals surface area contributed by atoms with Crippen LogP contribution in [0, 0.1) is 0 Å². The molecular formula is C19H16N2. The summed E-state index contributed by atoms with van der Waals surface area (Å²) in [6.07, 6.45) is 6.09. The van der Waals surface area contributed by atoms with Gasteiger partial charge in [-0.05, 0) is 25.1 Å². The number of hydrogen-bond acceptors (Lipinski definition) is 0. The van der Waals surface area contributed by atoms with Crippen LogP contribution in [0.2, 0.25) is 0 Å². The fourth-order valence-corrected chi connectivity index (χ4v) is 3.15. The minimum absolute atomic E-state index is 1.06.